The molecule has 0 aromatic heterocycles. The minimum absolute atomic E-state index is 0.0457. The Kier molecular flexibility index (Phi) is 15.8. The van der Waals surface area contributed by atoms with Crippen LogP contribution in [0.1, 0.15) is 99.8 Å². The number of esters is 1. The molecule has 0 heterocycles. The van der Waals surface area contributed by atoms with E-state index in [1.165, 1.54) is 87.8 Å². The maximum Gasteiger partial charge on any atom is 0.347 e. The lowest BCUT2D eigenvalue weighted by atomic mass is 10.2. The van der Waals surface area contributed by atoms with Gasteiger partial charge in [0.15, 0.2) is 0 Å². The zero-order chi connectivity index (χ0) is 26.8. The Morgan fingerprint density at radius 1 is 0.722 bits per heavy atom. The van der Waals surface area contributed by atoms with Crippen molar-refractivity contribution in [2.75, 3.05) is 24.6 Å². The highest BCUT2D eigenvalue weighted by molar-refractivity contribution is 7.75. The zero-order valence-corrected chi connectivity index (χ0v) is 23.5. The molecular weight excluding hydrogens is 471 g/mol. The Balaban J connectivity index is 0.000000363. The van der Waals surface area contributed by atoms with Gasteiger partial charge in [0.25, 0.3) is 0 Å². The van der Waals surface area contributed by atoms with Gasteiger partial charge in [-0.05, 0) is 49.9 Å². The Morgan fingerprint density at radius 3 is 1.56 bits per heavy atom. The number of benzene rings is 2. The van der Waals surface area contributed by atoms with Crippen LogP contribution < -0.4 is 9.84 Å². The second-order valence-corrected chi connectivity index (χ2v) is 13.8. The van der Waals surface area contributed by atoms with Crippen LogP contribution in [0.4, 0.5) is 0 Å². The molecule has 0 aliphatic rings. The van der Waals surface area contributed by atoms with E-state index in [2.05, 4.69) is 27.7 Å². The Hall–Kier alpha value is -2.39. The number of aromatic carboxylic acids is 1. The van der Waals surface area contributed by atoms with E-state index in [1.54, 1.807) is 36.8 Å². The summed E-state index contributed by atoms with van der Waals surface area (Å²) in [6.45, 7) is 9.42. The molecule has 2 rings (SSSR count). The Morgan fingerprint density at radius 2 is 1.14 bits per heavy atom. The summed E-state index contributed by atoms with van der Waals surface area (Å²) in [5.74, 6) is -2.65. The molecule has 0 radical (unpaired) electrons. The molecule has 1 N–H and O–H groups in total. The summed E-state index contributed by atoms with van der Waals surface area (Å²) in [6.07, 6.45) is 17.9. The highest BCUT2D eigenvalue weighted by atomic mass is 31.2. The number of unbranched alkanes of at least 4 members (excludes halogenated alkanes) is 4. The molecule has 0 fully saturated rings. The number of para-hydroxylation sites is 2. The molecule has 0 saturated heterocycles. The molecule has 36 heavy (non-hydrogen) atoms. The minimum atomic E-state index is -1.44. The first-order valence-electron chi connectivity index (χ1n) is 13.5. The van der Waals surface area contributed by atoms with Crippen molar-refractivity contribution in [1.82, 2.24) is 0 Å². The van der Waals surface area contributed by atoms with Crippen molar-refractivity contribution < 1.29 is 24.5 Å². The first-order valence-corrected chi connectivity index (χ1v) is 16.0. The average Bonchev–Trinajstić information content (AvgIpc) is 2.88. The van der Waals surface area contributed by atoms with Crippen molar-refractivity contribution in [1.29, 1.82) is 0 Å². The lowest BCUT2D eigenvalue weighted by Crippen LogP contribution is -2.23. The number of aromatic hydroxyl groups is 1. The van der Waals surface area contributed by atoms with E-state index < -0.39 is 19.2 Å². The van der Waals surface area contributed by atoms with Gasteiger partial charge in [0.05, 0.1) is 30.6 Å². The number of hydrogen-bond donors (Lipinski definition) is 1. The number of phenols is 1. The van der Waals surface area contributed by atoms with Gasteiger partial charge in [-0.3, -0.25) is 0 Å². The van der Waals surface area contributed by atoms with Crippen molar-refractivity contribution in [2.45, 2.75) is 79.1 Å². The van der Waals surface area contributed by atoms with E-state index in [4.69, 9.17) is 4.74 Å². The predicted octanol–water partition coefficient (Wildman–Crippen LogP) is 7.18. The van der Waals surface area contributed by atoms with Gasteiger partial charge in [0, 0.05) is 12.8 Å². The molecule has 0 bridgehead atoms. The van der Waals surface area contributed by atoms with Crippen LogP contribution in [-0.4, -0.2) is 41.7 Å². The molecule has 0 atom stereocenters. The number of carbonyl (C=O) groups is 2. The van der Waals surface area contributed by atoms with Crippen LogP contribution in [-0.2, 0) is 0 Å². The Bertz CT molecular complexity index is 874. The van der Waals surface area contributed by atoms with Crippen molar-refractivity contribution in [3.63, 3.8) is 0 Å². The summed E-state index contributed by atoms with van der Waals surface area (Å²) < 4.78 is 4.95. The normalized spacial score (nSPS) is 10.9. The smallest absolute Gasteiger partial charge is 0.347 e. The predicted molar refractivity (Wildman–Crippen MR) is 150 cm³/mol. The SMILES string of the molecule is CCCC[P+](CCCC)(CCCC)CCCC.O=C(Oc1ccccc1C(=O)[O-])c1ccccc1O. The molecule has 0 amide bonds. The summed E-state index contributed by atoms with van der Waals surface area (Å²) in [5.41, 5.74) is -0.276. The van der Waals surface area contributed by atoms with E-state index in [1.807, 2.05) is 0 Å². The molecule has 0 aliphatic carbocycles. The van der Waals surface area contributed by atoms with Crippen molar-refractivity contribution >= 4 is 19.2 Å². The monoisotopic (exact) mass is 516 g/mol. The largest absolute Gasteiger partial charge is 0.545 e. The quantitative estimate of drug-likeness (QED) is 0.154. The second kappa shape index (κ2) is 17.9. The topological polar surface area (TPSA) is 86.7 Å². The van der Waals surface area contributed by atoms with Crippen LogP contribution in [0.15, 0.2) is 48.5 Å². The molecule has 0 aliphatic heterocycles. The number of carboxylic acids is 1. The number of ether oxygens (including phenoxy) is 1. The number of carboxylic acid groups (broad SMARTS) is 1. The molecule has 0 spiro atoms. The van der Waals surface area contributed by atoms with E-state index in [-0.39, 0.29) is 22.6 Å². The lowest BCUT2D eigenvalue weighted by Gasteiger charge is -2.28. The summed E-state index contributed by atoms with van der Waals surface area (Å²) in [7, 11) is -0.562. The van der Waals surface area contributed by atoms with Crippen LogP contribution in [0.3, 0.4) is 0 Å². The molecule has 6 heteroatoms. The molecular formula is C30H45O5P. The van der Waals surface area contributed by atoms with Gasteiger partial charge >= 0.3 is 5.97 Å². The minimum Gasteiger partial charge on any atom is -0.545 e. The molecule has 0 saturated carbocycles. The second-order valence-electron chi connectivity index (χ2n) is 9.34. The third-order valence-corrected chi connectivity index (χ3v) is 11.4. The highest BCUT2D eigenvalue weighted by Gasteiger charge is 2.34. The summed E-state index contributed by atoms with van der Waals surface area (Å²) in [5, 5.41) is 20.4. The number of phenolic OH excluding ortho intramolecular Hbond substituents is 1. The zero-order valence-electron chi connectivity index (χ0n) is 22.6. The first-order chi connectivity index (χ1) is 17.3. The first kappa shape index (κ1) is 31.6. The molecule has 200 valence electrons. The summed E-state index contributed by atoms with van der Waals surface area (Å²) in [6, 6.07) is 11.4. The average molecular weight is 517 g/mol. The maximum atomic E-state index is 11.8. The Labute approximate surface area is 218 Å². The number of hydrogen-bond acceptors (Lipinski definition) is 5. The van der Waals surface area contributed by atoms with Crippen molar-refractivity contribution in [3.05, 3.63) is 59.7 Å². The third kappa shape index (κ3) is 11.1. The standard InChI is InChI=1S/C16H36P.C14H10O5/c1-5-9-13-17(14-10-6-2,15-11-7-3)16-12-8-4;15-11-7-3-1-5-9(11)14(18)19-12-8-4-2-6-10(12)13(16)17/h5-16H2,1-4H3;1-8,15H,(H,16,17)/q+1;/p-1. The maximum absolute atomic E-state index is 11.8. The van der Waals surface area contributed by atoms with Crippen LogP contribution in [0.25, 0.3) is 0 Å². The fourth-order valence-electron chi connectivity index (χ4n) is 4.17. The van der Waals surface area contributed by atoms with Gasteiger partial charge in [-0.2, -0.15) is 0 Å². The third-order valence-electron chi connectivity index (χ3n) is 6.38. The molecule has 2 aromatic carbocycles. The van der Waals surface area contributed by atoms with Crippen molar-refractivity contribution in [2.24, 2.45) is 0 Å². The summed E-state index contributed by atoms with van der Waals surface area (Å²) in [4.78, 5) is 22.7. The number of rotatable bonds is 15. The van der Waals surface area contributed by atoms with Gasteiger partial charge in [-0.25, -0.2) is 4.79 Å². The van der Waals surface area contributed by atoms with Gasteiger partial charge < -0.3 is 19.7 Å². The van der Waals surface area contributed by atoms with Crippen molar-refractivity contribution in [3.8, 4) is 11.5 Å². The van der Waals surface area contributed by atoms with Gasteiger partial charge in [0.1, 0.15) is 17.1 Å². The fourth-order valence-corrected chi connectivity index (χ4v) is 9.46. The van der Waals surface area contributed by atoms with E-state index in [9.17, 15) is 19.8 Å². The fraction of sp³-hybridized carbons (Fsp3) is 0.533. The van der Waals surface area contributed by atoms with E-state index >= 15 is 0 Å². The summed E-state index contributed by atoms with van der Waals surface area (Å²) >= 11 is 0. The van der Waals surface area contributed by atoms with Crippen LogP contribution >= 0.6 is 7.26 Å². The lowest BCUT2D eigenvalue weighted by molar-refractivity contribution is -0.255. The van der Waals surface area contributed by atoms with Crippen LogP contribution in [0.2, 0.25) is 0 Å². The molecule has 0 unspecified atom stereocenters. The van der Waals surface area contributed by atoms with Gasteiger partial charge in [-0.1, -0.05) is 77.6 Å². The van der Waals surface area contributed by atoms with E-state index in [0.717, 1.165) is 0 Å². The highest BCUT2D eigenvalue weighted by Crippen LogP contribution is 2.61. The van der Waals surface area contributed by atoms with E-state index in [0.29, 0.717) is 0 Å². The number of carbonyl (C=O) groups excluding carboxylic acids is 2. The van der Waals surface area contributed by atoms with Gasteiger partial charge in [-0.15, -0.1) is 0 Å². The van der Waals surface area contributed by atoms with Crippen LogP contribution in [0.5, 0.6) is 11.5 Å². The molecule has 5 nitrogen and oxygen atoms in total. The molecule has 2 aromatic rings. The van der Waals surface area contributed by atoms with Gasteiger partial charge in [0.2, 0.25) is 0 Å². The van der Waals surface area contributed by atoms with Crippen LogP contribution in [0, 0.1) is 0 Å².